The van der Waals surface area contributed by atoms with E-state index in [-0.39, 0.29) is 5.56 Å². The van der Waals surface area contributed by atoms with Crippen LogP contribution in [0.5, 0.6) is 0 Å². The molecule has 26 heavy (non-hydrogen) atoms. The molecule has 0 atom stereocenters. The Morgan fingerprint density at radius 1 is 1.35 bits per heavy atom. The molecule has 0 radical (unpaired) electrons. The number of rotatable bonds is 3. The Bertz CT molecular complexity index is 1120. The Kier molecular flexibility index (Phi) is 4.03. The quantitative estimate of drug-likeness (QED) is 0.684. The SMILES string of the molecule is C/C=C\C(=N/C)c1nc2n(c1-c1ccc3ncn(C)c(=O)c3c1)CCC2. The van der Waals surface area contributed by atoms with Crippen molar-refractivity contribution in [1.29, 1.82) is 0 Å². The van der Waals surface area contributed by atoms with Gasteiger partial charge in [-0.25, -0.2) is 9.97 Å². The summed E-state index contributed by atoms with van der Waals surface area (Å²) in [5.41, 5.74) is 4.40. The van der Waals surface area contributed by atoms with E-state index in [4.69, 9.17) is 4.98 Å². The maximum atomic E-state index is 12.5. The zero-order chi connectivity index (χ0) is 18.3. The second-order valence-electron chi connectivity index (χ2n) is 6.48. The minimum absolute atomic E-state index is 0.0441. The molecule has 0 bridgehead atoms. The number of benzene rings is 1. The Morgan fingerprint density at radius 3 is 2.96 bits per heavy atom. The summed E-state index contributed by atoms with van der Waals surface area (Å²) in [6.07, 6.45) is 7.56. The third-order valence-electron chi connectivity index (χ3n) is 4.83. The van der Waals surface area contributed by atoms with Gasteiger partial charge in [0, 0.05) is 32.6 Å². The first-order valence-corrected chi connectivity index (χ1v) is 8.79. The number of aromatic nitrogens is 4. The number of aliphatic imine (C=N–C) groups is 1. The zero-order valence-corrected chi connectivity index (χ0v) is 15.2. The fourth-order valence-electron chi connectivity index (χ4n) is 3.57. The first-order valence-electron chi connectivity index (χ1n) is 8.79. The summed E-state index contributed by atoms with van der Waals surface area (Å²) in [7, 11) is 3.50. The van der Waals surface area contributed by atoms with Crippen molar-refractivity contribution in [3.05, 3.63) is 58.6 Å². The number of hydrogen-bond donors (Lipinski definition) is 0. The van der Waals surface area contributed by atoms with Crippen LogP contribution in [0.15, 0.2) is 46.5 Å². The van der Waals surface area contributed by atoms with Crippen molar-refractivity contribution in [3.63, 3.8) is 0 Å². The van der Waals surface area contributed by atoms with E-state index in [1.165, 1.54) is 4.57 Å². The molecule has 0 saturated carbocycles. The standard InChI is InChI=1S/C20H21N5O/c1-4-6-16(21-2)18-19(25-10-5-7-17(25)23-18)13-8-9-15-14(11-13)20(26)24(3)12-22-15/h4,6,8-9,11-12H,5,7,10H2,1-3H3/b6-4-,21-16+. The number of imidazole rings is 1. The summed E-state index contributed by atoms with van der Waals surface area (Å²) >= 11 is 0. The number of fused-ring (bicyclic) bond motifs is 2. The van der Waals surface area contributed by atoms with E-state index in [0.29, 0.717) is 10.9 Å². The van der Waals surface area contributed by atoms with Crippen LogP contribution in [0.4, 0.5) is 0 Å². The zero-order valence-electron chi connectivity index (χ0n) is 15.2. The summed E-state index contributed by atoms with van der Waals surface area (Å²) in [6.45, 7) is 2.91. The fourth-order valence-corrected chi connectivity index (χ4v) is 3.57. The van der Waals surface area contributed by atoms with E-state index in [9.17, 15) is 4.79 Å². The minimum atomic E-state index is -0.0441. The van der Waals surface area contributed by atoms with Crippen LogP contribution in [0.3, 0.4) is 0 Å². The van der Waals surface area contributed by atoms with Crippen molar-refractivity contribution >= 4 is 16.6 Å². The van der Waals surface area contributed by atoms with Gasteiger partial charge in [0.25, 0.3) is 5.56 Å². The van der Waals surface area contributed by atoms with Gasteiger partial charge in [-0.1, -0.05) is 12.1 Å². The van der Waals surface area contributed by atoms with Gasteiger partial charge in [0.15, 0.2) is 0 Å². The monoisotopic (exact) mass is 347 g/mol. The van der Waals surface area contributed by atoms with Crippen LogP contribution in [0.2, 0.25) is 0 Å². The summed E-state index contributed by atoms with van der Waals surface area (Å²) < 4.78 is 3.76. The molecular weight excluding hydrogens is 326 g/mol. The number of allylic oxidation sites excluding steroid dienone is 2. The maximum Gasteiger partial charge on any atom is 0.260 e. The van der Waals surface area contributed by atoms with E-state index in [1.54, 1.807) is 20.4 Å². The molecule has 0 spiro atoms. The smallest absolute Gasteiger partial charge is 0.260 e. The molecule has 2 aromatic heterocycles. The van der Waals surface area contributed by atoms with Gasteiger partial charge in [0.05, 0.1) is 28.6 Å². The van der Waals surface area contributed by atoms with Gasteiger partial charge in [0.2, 0.25) is 0 Å². The Morgan fingerprint density at radius 2 is 2.19 bits per heavy atom. The molecule has 1 aromatic carbocycles. The van der Waals surface area contributed by atoms with E-state index in [1.807, 2.05) is 37.3 Å². The summed E-state index contributed by atoms with van der Waals surface area (Å²) in [5, 5.41) is 0.619. The molecule has 0 unspecified atom stereocenters. The number of hydrogen-bond acceptors (Lipinski definition) is 4. The van der Waals surface area contributed by atoms with Crippen LogP contribution in [-0.2, 0) is 20.0 Å². The van der Waals surface area contributed by atoms with Gasteiger partial charge in [-0.3, -0.25) is 9.79 Å². The van der Waals surface area contributed by atoms with Crippen molar-refractivity contribution in [3.8, 4) is 11.3 Å². The van der Waals surface area contributed by atoms with Crippen LogP contribution in [-0.4, -0.2) is 31.9 Å². The molecule has 0 fully saturated rings. The lowest BCUT2D eigenvalue weighted by Crippen LogP contribution is -2.17. The van der Waals surface area contributed by atoms with E-state index in [0.717, 1.165) is 47.9 Å². The third kappa shape index (κ3) is 2.49. The highest BCUT2D eigenvalue weighted by Crippen LogP contribution is 2.31. The highest BCUT2D eigenvalue weighted by Gasteiger charge is 2.24. The van der Waals surface area contributed by atoms with Gasteiger partial charge in [0.1, 0.15) is 11.5 Å². The van der Waals surface area contributed by atoms with Gasteiger partial charge < -0.3 is 9.13 Å². The van der Waals surface area contributed by atoms with E-state index in [2.05, 4.69) is 14.5 Å². The van der Waals surface area contributed by atoms with Crippen LogP contribution in [0, 0.1) is 0 Å². The summed E-state index contributed by atoms with van der Waals surface area (Å²) in [5.74, 6) is 1.08. The predicted molar refractivity (Wildman–Crippen MR) is 104 cm³/mol. The second kappa shape index (κ2) is 6.37. The lowest BCUT2D eigenvalue weighted by Gasteiger charge is -2.10. The largest absolute Gasteiger partial charge is 0.327 e. The average molecular weight is 347 g/mol. The molecule has 132 valence electrons. The van der Waals surface area contributed by atoms with Crippen LogP contribution >= 0.6 is 0 Å². The van der Waals surface area contributed by atoms with Gasteiger partial charge >= 0.3 is 0 Å². The highest BCUT2D eigenvalue weighted by molar-refractivity contribution is 6.11. The van der Waals surface area contributed by atoms with Crippen molar-refractivity contribution in [2.45, 2.75) is 26.3 Å². The van der Waals surface area contributed by atoms with Crippen molar-refractivity contribution in [1.82, 2.24) is 19.1 Å². The molecule has 4 rings (SSSR count). The van der Waals surface area contributed by atoms with Crippen LogP contribution < -0.4 is 5.56 Å². The van der Waals surface area contributed by atoms with Crippen LogP contribution in [0.1, 0.15) is 24.9 Å². The average Bonchev–Trinajstić information content (AvgIpc) is 3.23. The minimum Gasteiger partial charge on any atom is -0.327 e. The topological polar surface area (TPSA) is 65.1 Å². The first kappa shape index (κ1) is 16.4. The Balaban J connectivity index is 2.00. The van der Waals surface area contributed by atoms with Crippen molar-refractivity contribution in [2.24, 2.45) is 12.0 Å². The van der Waals surface area contributed by atoms with Crippen molar-refractivity contribution < 1.29 is 0 Å². The van der Waals surface area contributed by atoms with E-state index >= 15 is 0 Å². The Hall–Kier alpha value is -3.02. The van der Waals surface area contributed by atoms with Gasteiger partial charge in [-0.05, 0) is 31.6 Å². The predicted octanol–water partition coefficient (Wildman–Crippen LogP) is 2.74. The molecule has 1 aliphatic rings. The number of aryl methyl sites for hydroxylation is 2. The summed E-state index contributed by atoms with van der Waals surface area (Å²) in [4.78, 5) is 26.1. The molecule has 0 saturated heterocycles. The molecule has 0 amide bonds. The lowest BCUT2D eigenvalue weighted by atomic mass is 10.0. The van der Waals surface area contributed by atoms with Crippen molar-refractivity contribution in [2.75, 3.05) is 7.05 Å². The third-order valence-corrected chi connectivity index (χ3v) is 4.83. The molecule has 6 nitrogen and oxygen atoms in total. The number of nitrogens with zero attached hydrogens (tertiary/aromatic N) is 5. The maximum absolute atomic E-state index is 12.5. The molecule has 0 N–H and O–H groups in total. The normalized spacial score (nSPS) is 14.5. The molecular formula is C20H21N5O. The first-order chi connectivity index (χ1) is 12.6. The molecule has 6 heteroatoms. The fraction of sp³-hybridized carbons (Fsp3) is 0.300. The molecule has 3 heterocycles. The van der Waals surface area contributed by atoms with Crippen LogP contribution in [0.25, 0.3) is 22.2 Å². The second-order valence-corrected chi connectivity index (χ2v) is 6.48. The Labute approximate surface area is 151 Å². The molecule has 1 aliphatic heterocycles. The molecule has 3 aromatic rings. The lowest BCUT2D eigenvalue weighted by molar-refractivity contribution is 0.755. The molecule has 0 aliphatic carbocycles. The van der Waals surface area contributed by atoms with Gasteiger partial charge in [-0.2, -0.15) is 0 Å². The highest BCUT2D eigenvalue weighted by atomic mass is 16.1. The van der Waals surface area contributed by atoms with E-state index < -0.39 is 0 Å². The summed E-state index contributed by atoms with van der Waals surface area (Å²) in [6, 6.07) is 5.85. The van der Waals surface area contributed by atoms with Gasteiger partial charge in [-0.15, -0.1) is 0 Å².